The first-order chi connectivity index (χ1) is 13.6. The summed E-state index contributed by atoms with van der Waals surface area (Å²) in [6.45, 7) is 2.72. The molecule has 6 nitrogen and oxygen atoms in total. The molecule has 2 aromatic rings. The van der Waals surface area contributed by atoms with E-state index in [0.717, 1.165) is 23.1 Å². The van der Waals surface area contributed by atoms with Crippen LogP contribution in [-0.4, -0.2) is 39.6 Å². The number of fused-ring (bicyclic) bond motifs is 2. The highest BCUT2D eigenvalue weighted by Crippen LogP contribution is 2.44. The Bertz CT molecular complexity index is 872. The molecule has 2 fully saturated rings. The molecule has 1 heterocycles. The predicted molar refractivity (Wildman–Crippen MR) is 111 cm³/mol. The number of nitrogens with one attached hydrogen (secondary N) is 1. The van der Waals surface area contributed by atoms with E-state index in [1.54, 1.807) is 13.2 Å². The van der Waals surface area contributed by atoms with Gasteiger partial charge in [0.2, 0.25) is 5.91 Å². The molecule has 0 radical (unpaired) electrons. The summed E-state index contributed by atoms with van der Waals surface area (Å²) >= 11 is 7.59. The van der Waals surface area contributed by atoms with Gasteiger partial charge < -0.3 is 14.6 Å². The summed E-state index contributed by atoms with van der Waals surface area (Å²) < 4.78 is 7.44. The number of methoxy groups -OCH3 is 1. The van der Waals surface area contributed by atoms with Gasteiger partial charge >= 0.3 is 0 Å². The number of hydrogen-bond acceptors (Lipinski definition) is 5. The van der Waals surface area contributed by atoms with E-state index in [-0.39, 0.29) is 5.91 Å². The quantitative estimate of drug-likeness (QED) is 0.685. The Kier molecular flexibility index (Phi) is 5.83. The van der Waals surface area contributed by atoms with Crippen LogP contribution in [0.15, 0.2) is 23.4 Å². The average Bonchev–Trinajstić information content (AvgIpc) is 3.41. The van der Waals surface area contributed by atoms with Crippen LogP contribution in [0.4, 0.5) is 0 Å². The number of amides is 1. The van der Waals surface area contributed by atoms with Crippen molar-refractivity contribution >= 4 is 29.3 Å². The number of aromatic nitrogens is 3. The van der Waals surface area contributed by atoms with E-state index >= 15 is 0 Å². The molecule has 2 saturated carbocycles. The van der Waals surface area contributed by atoms with Gasteiger partial charge in [-0.2, -0.15) is 0 Å². The standard InChI is InChI=1S/C20H25ClN4O2S/c1-3-25-19(15-10-14(21)6-7-17(15)27-2)23-24-20(25)28-11-18(26)22-16-9-12-4-5-13(16)8-12/h6-7,10,12-13,16H,3-5,8-9,11H2,1-2H3,(H,22,26)/t12-,13+,16-/m0/s1. The van der Waals surface area contributed by atoms with E-state index in [9.17, 15) is 4.79 Å². The Morgan fingerprint density at radius 1 is 1.36 bits per heavy atom. The molecule has 1 aromatic heterocycles. The fraction of sp³-hybridized carbons (Fsp3) is 0.550. The number of halogens is 1. The summed E-state index contributed by atoms with van der Waals surface area (Å²) in [7, 11) is 1.62. The van der Waals surface area contributed by atoms with Gasteiger partial charge in [0.1, 0.15) is 5.75 Å². The summed E-state index contributed by atoms with van der Waals surface area (Å²) in [5.41, 5.74) is 0.794. The lowest BCUT2D eigenvalue weighted by atomic mass is 9.95. The number of hydrogen-bond donors (Lipinski definition) is 1. The minimum atomic E-state index is 0.0788. The van der Waals surface area contributed by atoms with Gasteiger partial charge in [-0.05, 0) is 56.2 Å². The van der Waals surface area contributed by atoms with Gasteiger partial charge in [-0.15, -0.1) is 10.2 Å². The van der Waals surface area contributed by atoms with Crippen LogP contribution in [0.3, 0.4) is 0 Å². The largest absolute Gasteiger partial charge is 0.496 e. The normalized spacial score (nSPS) is 23.2. The highest BCUT2D eigenvalue weighted by molar-refractivity contribution is 7.99. The van der Waals surface area contributed by atoms with Crippen LogP contribution in [0, 0.1) is 11.8 Å². The molecule has 150 valence electrons. The summed E-state index contributed by atoms with van der Waals surface area (Å²) in [6, 6.07) is 5.79. The minimum absolute atomic E-state index is 0.0788. The Morgan fingerprint density at radius 3 is 2.89 bits per heavy atom. The van der Waals surface area contributed by atoms with Crippen LogP contribution in [0.25, 0.3) is 11.4 Å². The predicted octanol–water partition coefficient (Wildman–Crippen LogP) is 4.02. The third-order valence-electron chi connectivity index (χ3n) is 5.85. The lowest BCUT2D eigenvalue weighted by molar-refractivity contribution is -0.119. The second-order valence-electron chi connectivity index (χ2n) is 7.53. The van der Waals surface area contributed by atoms with Crippen molar-refractivity contribution in [3.63, 3.8) is 0 Å². The smallest absolute Gasteiger partial charge is 0.230 e. The van der Waals surface area contributed by atoms with E-state index in [0.29, 0.717) is 40.9 Å². The first kappa shape index (κ1) is 19.6. The Balaban J connectivity index is 1.44. The number of ether oxygens (including phenoxy) is 1. The van der Waals surface area contributed by atoms with Crippen molar-refractivity contribution < 1.29 is 9.53 Å². The van der Waals surface area contributed by atoms with E-state index in [1.165, 1.54) is 31.0 Å². The molecule has 0 spiro atoms. The third kappa shape index (κ3) is 3.87. The SMILES string of the molecule is CCn1c(SCC(=O)N[C@H]2C[C@H]3CC[C@@H]2C3)nnc1-c1cc(Cl)ccc1OC. The Labute approximate surface area is 174 Å². The molecule has 1 aromatic carbocycles. The van der Waals surface area contributed by atoms with Crippen molar-refractivity contribution in [1.82, 2.24) is 20.1 Å². The summed E-state index contributed by atoms with van der Waals surface area (Å²) in [5, 5.41) is 13.2. The van der Waals surface area contributed by atoms with Crippen molar-refractivity contribution in [2.75, 3.05) is 12.9 Å². The number of nitrogens with zero attached hydrogens (tertiary/aromatic N) is 3. The number of thioether (sulfide) groups is 1. The van der Waals surface area contributed by atoms with Crippen molar-refractivity contribution in [3.8, 4) is 17.1 Å². The lowest BCUT2D eigenvalue weighted by Crippen LogP contribution is -2.39. The van der Waals surface area contributed by atoms with Gasteiger partial charge in [0.05, 0.1) is 18.4 Å². The summed E-state index contributed by atoms with van der Waals surface area (Å²) in [5.74, 6) is 3.31. The topological polar surface area (TPSA) is 69.0 Å². The summed E-state index contributed by atoms with van der Waals surface area (Å²) in [6.07, 6.45) is 5.02. The van der Waals surface area contributed by atoms with E-state index in [2.05, 4.69) is 15.5 Å². The van der Waals surface area contributed by atoms with Crippen LogP contribution in [0.2, 0.25) is 5.02 Å². The molecule has 0 aliphatic heterocycles. The molecular formula is C20H25ClN4O2S. The molecule has 2 aliphatic rings. The maximum Gasteiger partial charge on any atom is 0.230 e. The van der Waals surface area contributed by atoms with Crippen LogP contribution < -0.4 is 10.1 Å². The van der Waals surface area contributed by atoms with Crippen LogP contribution in [-0.2, 0) is 11.3 Å². The van der Waals surface area contributed by atoms with Gasteiger partial charge in [0, 0.05) is 17.6 Å². The Morgan fingerprint density at radius 2 is 2.21 bits per heavy atom. The monoisotopic (exact) mass is 420 g/mol. The molecule has 0 saturated heterocycles. The maximum atomic E-state index is 12.4. The number of carbonyl (C=O) groups excluding carboxylic acids is 1. The van der Waals surface area contributed by atoms with Crippen molar-refractivity contribution in [2.24, 2.45) is 11.8 Å². The Hall–Kier alpha value is -1.73. The van der Waals surface area contributed by atoms with Gasteiger partial charge in [0.25, 0.3) is 0 Å². The second-order valence-corrected chi connectivity index (χ2v) is 8.91. The molecule has 4 rings (SSSR count). The maximum absolute atomic E-state index is 12.4. The van der Waals surface area contributed by atoms with E-state index < -0.39 is 0 Å². The zero-order chi connectivity index (χ0) is 19.7. The molecule has 8 heteroatoms. The zero-order valence-electron chi connectivity index (χ0n) is 16.2. The van der Waals surface area contributed by atoms with Crippen LogP contribution in [0.1, 0.15) is 32.6 Å². The van der Waals surface area contributed by atoms with Crippen LogP contribution in [0.5, 0.6) is 5.75 Å². The number of carbonyl (C=O) groups is 1. The van der Waals surface area contributed by atoms with Gasteiger partial charge in [-0.25, -0.2) is 0 Å². The molecule has 0 unspecified atom stereocenters. The first-order valence-corrected chi connectivity index (χ1v) is 11.1. The molecule has 2 bridgehead atoms. The van der Waals surface area contributed by atoms with Crippen molar-refractivity contribution in [2.45, 2.75) is 50.4 Å². The second kappa shape index (κ2) is 8.33. The fourth-order valence-electron chi connectivity index (χ4n) is 4.53. The van der Waals surface area contributed by atoms with Crippen molar-refractivity contribution in [1.29, 1.82) is 0 Å². The molecule has 1 N–H and O–H groups in total. The molecule has 28 heavy (non-hydrogen) atoms. The number of rotatable bonds is 7. The molecule has 3 atom stereocenters. The molecular weight excluding hydrogens is 396 g/mol. The van der Waals surface area contributed by atoms with E-state index in [4.69, 9.17) is 16.3 Å². The number of benzene rings is 1. The van der Waals surface area contributed by atoms with Crippen molar-refractivity contribution in [3.05, 3.63) is 23.2 Å². The minimum Gasteiger partial charge on any atom is -0.496 e. The van der Waals surface area contributed by atoms with Crippen LogP contribution >= 0.6 is 23.4 Å². The lowest BCUT2D eigenvalue weighted by Gasteiger charge is -2.22. The molecule has 1 amide bonds. The van der Waals surface area contributed by atoms with Gasteiger partial charge in [0.15, 0.2) is 11.0 Å². The summed E-state index contributed by atoms with van der Waals surface area (Å²) in [4.78, 5) is 12.4. The zero-order valence-corrected chi connectivity index (χ0v) is 17.7. The molecule has 2 aliphatic carbocycles. The first-order valence-electron chi connectivity index (χ1n) is 9.78. The fourth-order valence-corrected chi connectivity index (χ4v) is 5.52. The van der Waals surface area contributed by atoms with Gasteiger partial charge in [-0.1, -0.05) is 29.8 Å². The highest BCUT2D eigenvalue weighted by atomic mass is 35.5. The highest BCUT2D eigenvalue weighted by Gasteiger charge is 2.40. The van der Waals surface area contributed by atoms with E-state index in [1.807, 2.05) is 23.6 Å². The van der Waals surface area contributed by atoms with Gasteiger partial charge in [-0.3, -0.25) is 4.79 Å². The average molecular weight is 421 g/mol. The third-order valence-corrected chi connectivity index (χ3v) is 7.05.